The lowest BCUT2D eigenvalue weighted by Crippen LogP contribution is -2.10. The van der Waals surface area contributed by atoms with Gasteiger partial charge in [0, 0.05) is 10.0 Å². The number of imidazole rings is 1. The highest BCUT2D eigenvalue weighted by molar-refractivity contribution is 9.10. The van der Waals surface area contributed by atoms with Gasteiger partial charge in [0.25, 0.3) is 0 Å². The zero-order valence-corrected chi connectivity index (χ0v) is 12.3. The van der Waals surface area contributed by atoms with Gasteiger partial charge in [0.15, 0.2) is 0 Å². The summed E-state index contributed by atoms with van der Waals surface area (Å²) < 4.78 is 15.7. The SMILES string of the molecule is O=C(O)Cn1c(-c2cc(F)cc(Br)c2)nc2ccccc21. The maximum atomic E-state index is 13.6. The molecule has 4 nitrogen and oxygen atoms in total. The van der Waals surface area contributed by atoms with Crippen molar-refractivity contribution in [2.24, 2.45) is 0 Å². The van der Waals surface area contributed by atoms with Gasteiger partial charge in [0.1, 0.15) is 18.2 Å². The van der Waals surface area contributed by atoms with Crippen LogP contribution in [0.4, 0.5) is 4.39 Å². The molecule has 0 bridgehead atoms. The molecule has 0 fully saturated rings. The minimum atomic E-state index is -0.977. The Labute approximate surface area is 128 Å². The Kier molecular flexibility index (Phi) is 3.47. The first-order chi connectivity index (χ1) is 10.0. The molecule has 0 saturated heterocycles. The highest BCUT2D eigenvalue weighted by atomic mass is 79.9. The highest BCUT2D eigenvalue weighted by Gasteiger charge is 2.15. The van der Waals surface area contributed by atoms with Gasteiger partial charge >= 0.3 is 5.97 Å². The van der Waals surface area contributed by atoms with E-state index in [9.17, 15) is 9.18 Å². The number of fused-ring (bicyclic) bond motifs is 1. The number of rotatable bonds is 3. The molecule has 0 aliphatic rings. The Balaban J connectivity index is 2.27. The Morgan fingerprint density at radius 2 is 2.05 bits per heavy atom. The van der Waals surface area contributed by atoms with Gasteiger partial charge in [0.05, 0.1) is 11.0 Å². The van der Waals surface area contributed by atoms with Crippen molar-refractivity contribution in [2.75, 3.05) is 0 Å². The summed E-state index contributed by atoms with van der Waals surface area (Å²) in [5.74, 6) is -0.957. The fraction of sp³-hybridized carbons (Fsp3) is 0.0667. The van der Waals surface area contributed by atoms with Crippen molar-refractivity contribution >= 4 is 32.9 Å². The third-order valence-corrected chi connectivity index (χ3v) is 3.53. The minimum absolute atomic E-state index is 0.232. The molecule has 0 aliphatic heterocycles. The van der Waals surface area contributed by atoms with Crippen molar-refractivity contribution in [3.63, 3.8) is 0 Å². The van der Waals surface area contributed by atoms with Gasteiger partial charge in [-0.05, 0) is 30.3 Å². The molecule has 1 N–H and O–H groups in total. The number of carboxylic acid groups (broad SMARTS) is 1. The molecule has 21 heavy (non-hydrogen) atoms. The smallest absolute Gasteiger partial charge is 0.323 e. The number of aromatic nitrogens is 2. The van der Waals surface area contributed by atoms with E-state index in [1.165, 1.54) is 12.1 Å². The van der Waals surface area contributed by atoms with Gasteiger partial charge in [-0.2, -0.15) is 0 Å². The molecule has 2 aromatic carbocycles. The van der Waals surface area contributed by atoms with E-state index in [2.05, 4.69) is 20.9 Å². The topological polar surface area (TPSA) is 55.1 Å². The van der Waals surface area contributed by atoms with Crippen molar-refractivity contribution in [3.05, 3.63) is 52.8 Å². The average Bonchev–Trinajstić information content (AvgIpc) is 2.76. The summed E-state index contributed by atoms with van der Waals surface area (Å²) in [6, 6.07) is 11.6. The number of benzene rings is 2. The summed E-state index contributed by atoms with van der Waals surface area (Å²) in [7, 11) is 0. The fourth-order valence-electron chi connectivity index (χ4n) is 2.27. The third-order valence-electron chi connectivity index (χ3n) is 3.07. The lowest BCUT2D eigenvalue weighted by atomic mass is 10.2. The van der Waals surface area contributed by atoms with Gasteiger partial charge in [0.2, 0.25) is 0 Å². The van der Waals surface area contributed by atoms with Crippen LogP contribution >= 0.6 is 15.9 Å². The van der Waals surface area contributed by atoms with E-state index in [1.54, 1.807) is 22.8 Å². The van der Waals surface area contributed by atoms with Crippen LogP contribution in [0.25, 0.3) is 22.4 Å². The lowest BCUT2D eigenvalue weighted by molar-refractivity contribution is -0.137. The molecular weight excluding hydrogens is 339 g/mol. The fourth-order valence-corrected chi connectivity index (χ4v) is 2.74. The van der Waals surface area contributed by atoms with Crippen LogP contribution < -0.4 is 0 Å². The Bertz CT molecular complexity index is 825. The van der Waals surface area contributed by atoms with Crippen LogP contribution in [0.5, 0.6) is 0 Å². The largest absolute Gasteiger partial charge is 0.480 e. The number of para-hydroxylation sites is 2. The highest BCUT2D eigenvalue weighted by Crippen LogP contribution is 2.27. The molecule has 0 spiro atoms. The molecule has 0 unspecified atom stereocenters. The zero-order valence-electron chi connectivity index (χ0n) is 10.8. The van der Waals surface area contributed by atoms with E-state index in [0.717, 1.165) is 0 Å². The summed E-state index contributed by atoms with van der Waals surface area (Å²) in [5, 5.41) is 9.09. The van der Waals surface area contributed by atoms with E-state index in [1.807, 2.05) is 12.1 Å². The minimum Gasteiger partial charge on any atom is -0.480 e. The summed E-state index contributed by atoms with van der Waals surface area (Å²) >= 11 is 3.24. The van der Waals surface area contributed by atoms with Crippen LogP contribution in [-0.4, -0.2) is 20.6 Å². The van der Waals surface area contributed by atoms with Crippen LogP contribution in [0.3, 0.4) is 0 Å². The number of halogens is 2. The molecule has 1 aromatic heterocycles. The maximum Gasteiger partial charge on any atom is 0.323 e. The summed E-state index contributed by atoms with van der Waals surface area (Å²) in [6.07, 6.45) is 0. The molecule has 0 aliphatic carbocycles. The first-order valence-electron chi connectivity index (χ1n) is 6.18. The van der Waals surface area contributed by atoms with Gasteiger partial charge in [-0.3, -0.25) is 4.79 Å². The van der Waals surface area contributed by atoms with Crippen LogP contribution in [0.2, 0.25) is 0 Å². The van der Waals surface area contributed by atoms with Gasteiger partial charge in [-0.1, -0.05) is 28.1 Å². The van der Waals surface area contributed by atoms with E-state index in [-0.39, 0.29) is 6.54 Å². The van der Waals surface area contributed by atoms with Crippen LogP contribution in [0.15, 0.2) is 46.9 Å². The Morgan fingerprint density at radius 3 is 2.76 bits per heavy atom. The first-order valence-corrected chi connectivity index (χ1v) is 6.97. The maximum absolute atomic E-state index is 13.6. The van der Waals surface area contributed by atoms with E-state index in [0.29, 0.717) is 26.9 Å². The standard InChI is InChI=1S/C15H10BrFN2O2/c16-10-5-9(6-11(17)7-10)15-18-12-3-1-2-4-13(12)19(15)8-14(20)21/h1-7H,8H2,(H,20,21). The predicted octanol–water partition coefficient (Wildman–Crippen LogP) is 3.69. The number of nitrogens with zero attached hydrogens (tertiary/aromatic N) is 2. The normalized spacial score (nSPS) is 11.0. The first kappa shape index (κ1) is 13.8. The summed E-state index contributed by atoms with van der Waals surface area (Å²) in [6.45, 7) is -0.232. The van der Waals surface area contributed by atoms with Gasteiger partial charge in [-0.15, -0.1) is 0 Å². The zero-order chi connectivity index (χ0) is 15.0. The van der Waals surface area contributed by atoms with E-state index in [4.69, 9.17) is 5.11 Å². The second kappa shape index (κ2) is 5.29. The second-order valence-electron chi connectivity index (χ2n) is 4.56. The van der Waals surface area contributed by atoms with Crippen LogP contribution in [0, 0.1) is 5.82 Å². The Morgan fingerprint density at radius 1 is 1.29 bits per heavy atom. The van der Waals surface area contributed by atoms with Gasteiger partial charge in [-0.25, -0.2) is 9.37 Å². The van der Waals surface area contributed by atoms with Crippen molar-refractivity contribution in [1.29, 1.82) is 0 Å². The van der Waals surface area contributed by atoms with Crippen molar-refractivity contribution < 1.29 is 14.3 Å². The number of aliphatic carboxylic acids is 1. The van der Waals surface area contributed by atoms with E-state index < -0.39 is 11.8 Å². The molecule has 106 valence electrons. The van der Waals surface area contributed by atoms with Crippen LogP contribution in [-0.2, 0) is 11.3 Å². The number of carboxylic acids is 1. The molecule has 0 atom stereocenters. The average molecular weight is 349 g/mol. The van der Waals surface area contributed by atoms with Crippen molar-refractivity contribution in [2.45, 2.75) is 6.54 Å². The van der Waals surface area contributed by atoms with E-state index >= 15 is 0 Å². The van der Waals surface area contributed by atoms with Gasteiger partial charge < -0.3 is 9.67 Å². The van der Waals surface area contributed by atoms with Crippen molar-refractivity contribution in [1.82, 2.24) is 9.55 Å². The monoisotopic (exact) mass is 348 g/mol. The predicted molar refractivity (Wildman–Crippen MR) is 80.5 cm³/mol. The Hall–Kier alpha value is -2.21. The summed E-state index contributed by atoms with van der Waals surface area (Å²) in [4.78, 5) is 15.5. The third kappa shape index (κ3) is 2.67. The number of hydrogen-bond donors (Lipinski definition) is 1. The molecule has 1 heterocycles. The second-order valence-corrected chi connectivity index (χ2v) is 5.48. The molecule has 6 heteroatoms. The molecule has 3 rings (SSSR count). The van der Waals surface area contributed by atoms with Crippen LogP contribution in [0.1, 0.15) is 0 Å². The molecule has 3 aromatic rings. The van der Waals surface area contributed by atoms with Crippen molar-refractivity contribution in [3.8, 4) is 11.4 Å². The summed E-state index contributed by atoms with van der Waals surface area (Å²) in [5.41, 5.74) is 1.91. The lowest BCUT2D eigenvalue weighted by Gasteiger charge is -2.07. The molecule has 0 radical (unpaired) electrons. The molecule has 0 amide bonds. The molecular formula is C15H10BrFN2O2. The quantitative estimate of drug-likeness (QED) is 0.785. The number of hydrogen-bond acceptors (Lipinski definition) is 2. The molecule has 0 saturated carbocycles. The number of carbonyl (C=O) groups is 1.